The van der Waals surface area contributed by atoms with Crippen molar-refractivity contribution < 1.29 is 0 Å². The number of nitrogens with zero attached hydrogens (tertiary/aromatic N) is 3. The number of nitrogens with one attached hydrogen (secondary N) is 3. The number of rotatable bonds is 5. The normalized spacial score (nSPS) is 13.8. The maximum Gasteiger partial charge on any atom is 0.0737 e. The highest BCUT2D eigenvalue weighted by Crippen LogP contribution is 2.40. The van der Waals surface area contributed by atoms with Crippen molar-refractivity contribution in [1.29, 1.82) is 0 Å². The Bertz CT molecular complexity index is 3130. The number of aliphatic imine (C=N–C) groups is 1. The molecule has 0 unspecified atom stereocenters. The van der Waals surface area contributed by atoms with E-state index in [2.05, 4.69) is 178 Å². The summed E-state index contributed by atoms with van der Waals surface area (Å²) in [7, 11) is 0. The van der Waals surface area contributed by atoms with Crippen LogP contribution < -0.4 is 0 Å². The Morgan fingerprint density at radius 2 is 0.983 bits per heavy atom. The van der Waals surface area contributed by atoms with Crippen LogP contribution in [-0.2, 0) is 0 Å². The number of hydrogen-bond acceptors (Lipinski definition) is 3. The summed E-state index contributed by atoms with van der Waals surface area (Å²) in [6, 6.07) is 30.8. The largest absolute Gasteiger partial charge is 0.361 e. The molecule has 10 rings (SSSR count). The lowest BCUT2D eigenvalue weighted by molar-refractivity contribution is 1.26. The van der Waals surface area contributed by atoms with E-state index in [1.165, 1.54) is 44.5 Å². The average Bonchev–Trinajstić information content (AvgIpc) is 4.08. The van der Waals surface area contributed by atoms with Gasteiger partial charge in [-0.05, 0) is 171 Å². The molecule has 6 heteroatoms. The van der Waals surface area contributed by atoms with Gasteiger partial charge in [0.05, 0.1) is 28.5 Å². The number of aromatic amines is 3. The van der Waals surface area contributed by atoms with Crippen LogP contribution in [0.1, 0.15) is 73.0 Å². The molecule has 7 aromatic rings. The van der Waals surface area contributed by atoms with Gasteiger partial charge in [0.2, 0.25) is 0 Å². The fourth-order valence-corrected chi connectivity index (χ4v) is 9.51. The maximum absolute atomic E-state index is 5.55. The number of H-pyrrole nitrogens is 3. The van der Waals surface area contributed by atoms with Gasteiger partial charge in [-0.2, -0.15) is 0 Å². The molecular weight excluding hydrogens is 733 g/mol. The third kappa shape index (κ3) is 6.32. The molecule has 0 saturated carbocycles. The first kappa shape index (κ1) is 37.0. The average molecular weight is 779 g/mol. The van der Waals surface area contributed by atoms with Crippen LogP contribution >= 0.6 is 0 Å². The highest BCUT2D eigenvalue weighted by molar-refractivity contribution is 5.99. The Hall–Kier alpha value is -7.31. The SMILES string of the molecule is Cc1cc(C)c(-c2c3nc(c(-c4ccc(/C(=C5\C=CC=N5)c5ccc[nH]5)cc4)c4ccc([nH]4)c(-c4c(C)cc(C)cc4C)c4nc(c(C)c5ccc2[nH]5)C=C4)C=C3)c(C)c1. The summed E-state index contributed by atoms with van der Waals surface area (Å²) in [5.74, 6) is 0. The molecule has 6 nitrogen and oxygen atoms in total. The third-order valence-corrected chi connectivity index (χ3v) is 12.0. The van der Waals surface area contributed by atoms with Crippen LogP contribution in [0.25, 0.3) is 85.3 Å². The van der Waals surface area contributed by atoms with E-state index in [9.17, 15) is 0 Å². The van der Waals surface area contributed by atoms with E-state index in [4.69, 9.17) is 9.97 Å². The minimum absolute atomic E-state index is 0.886. The first-order valence-electron chi connectivity index (χ1n) is 20.6. The fraction of sp³-hybridized carbons (Fsp3) is 0.130. The zero-order chi connectivity index (χ0) is 41.2. The monoisotopic (exact) mass is 778 g/mol. The van der Waals surface area contributed by atoms with Crippen molar-refractivity contribution in [3.8, 4) is 33.4 Å². The third-order valence-electron chi connectivity index (χ3n) is 12.0. The predicted molar refractivity (Wildman–Crippen MR) is 253 cm³/mol. The highest BCUT2D eigenvalue weighted by atomic mass is 14.8. The van der Waals surface area contributed by atoms with Gasteiger partial charge in [0, 0.05) is 62.4 Å². The summed E-state index contributed by atoms with van der Waals surface area (Å²) in [4.78, 5) is 26.8. The first-order chi connectivity index (χ1) is 29.1. The molecule has 0 radical (unpaired) electrons. The number of allylic oxidation sites excluding steroid dienone is 2. The molecule has 3 N–H and O–H groups in total. The smallest absolute Gasteiger partial charge is 0.0737 e. The van der Waals surface area contributed by atoms with E-state index < -0.39 is 0 Å². The van der Waals surface area contributed by atoms with Crippen LogP contribution in [0.15, 0.2) is 114 Å². The zero-order valence-corrected chi connectivity index (χ0v) is 35.0. The number of hydrogen-bond donors (Lipinski definition) is 3. The quantitative estimate of drug-likeness (QED) is 0.162. The summed E-state index contributed by atoms with van der Waals surface area (Å²) < 4.78 is 0. The maximum atomic E-state index is 5.55. The Morgan fingerprint density at radius 3 is 1.52 bits per heavy atom. The lowest BCUT2D eigenvalue weighted by Gasteiger charge is -2.13. The Morgan fingerprint density at radius 1 is 0.483 bits per heavy atom. The molecule has 7 heterocycles. The standard InChI is InChI=1S/C54H46N6/c1-30-26-32(3)49(33(4)27-30)53-45-18-16-39(57-45)36(7)40-17-19-46(58-40)54(50-34(5)28-31(2)29-35(50)6)48-23-21-44(60-48)52(43-20-22-47(53)59-43)38-14-12-37(13-15-38)51(41-10-8-24-55-41)42-11-9-25-56-42/h8-29,55,57,60H,1-7H3/b39-36?,40-36?,51-42-,52-43?,52-44?,53-45?,53-47?,54-46?,54-48?. The summed E-state index contributed by atoms with van der Waals surface area (Å²) in [5.41, 5.74) is 26.8. The molecule has 3 aromatic carbocycles. The molecule has 60 heavy (non-hydrogen) atoms. The van der Waals surface area contributed by atoms with Crippen LogP contribution in [0, 0.1) is 48.5 Å². The van der Waals surface area contributed by atoms with Gasteiger partial charge in [0.15, 0.2) is 0 Å². The molecule has 0 amide bonds. The van der Waals surface area contributed by atoms with Crippen molar-refractivity contribution in [2.24, 2.45) is 4.99 Å². The summed E-state index contributed by atoms with van der Waals surface area (Å²) in [6.45, 7) is 15.3. The summed E-state index contributed by atoms with van der Waals surface area (Å²) in [6.07, 6.45) is 16.5. The Kier molecular flexibility index (Phi) is 8.94. The van der Waals surface area contributed by atoms with Crippen LogP contribution in [0.4, 0.5) is 0 Å². The molecule has 4 aromatic heterocycles. The van der Waals surface area contributed by atoms with Gasteiger partial charge in [-0.1, -0.05) is 59.7 Å². The lowest BCUT2D eigenvalue weighted by atomic mass is 9.92. The van der Waals surface area contributed by atoms with Crippen molar-refractivity contribution in [2.75, 3.05) is 0 Å². The van der Waals surface area contributed by atoms with Gasteiger partial charge in [-0.25, -0.2) is 9.97 Å². The van der Waals surface area contributed by atoms with E-state index in [0.717, 1.165) is 95.2 Å². The predicted octanol–water partition coefficient (Wildman–Crippen LogP) is 13.5. The van der Waals surface area contributed by atoms with Gasteiger partial charge < -0.3 is 15.0 Å². The van der Waals surface area contributed by atoms with Gasteiger partial charge in [-0.3, -0.25) is 4.99 Å². The minimum atomic E-state index is 0.886. The van der Waals surface area contributed by atoms with Crippen LogP contribution in [0.5, 0.6) is 0 Å². The van der Waals surface area contributed by atoms with Crippen molar-refractivity contribution in [2.45, 2.75) is 48.5 Å². The molecule has 0 saturated heterocycles. The molecule has 292 valence electrons. The minimum Gasteiger partial charge on any atom is -0.361 e. The van der Waals surface area contributed by atoms with Gasteiger partial charge in [0.1, 0.15) is 0 Å². The number of aryl methyl sites for hydroxylation is 7. The zero-order valence-electron chi connectivity index (χ0n) is 35.0. The van der Waals surface area contributed by atoms with E-state index in [1.807, 2.05) is 24.6 Å². The molecule has 3 aliphatic heterocycles. The molecule has 3 aliphatic rings. The van der Waals surface area contributed by atoms with E-state index in [0.29, 0.717) is 0 Å². The number of fused-ring (bicyclic) bond motifs is 8. The topological polar surface area (TPSA) is 85.5 Å². The molecule has 0 spiro atoms. The van der Waals surface area contributed by atoms with Crippen LogP contribution in [0.3, 0.4) is 0 Å². The van der Waals surface area contributed by atoms with Gasteiger partial charge in [0.25, 0.3) is 0 Å². The molecular formula is C54H46N6. The lowest BCUT2D eigenvalue weighted by Crippen LogP contribution is -1.95. The number of benzene rings is 3. The highest BCUT2D eigenvalue weighted by Gasteiger charge is 2.21. The van der Waals surface area contributed by atoms with Crippen molar-refractivity contribution in [3.63, 3.8) is 0 Å². The Balaban J connectivity index is 1.32. The van der Waals surface area contributed by atoms with Crippen LogP contribution in [0.2, 0.25) is 0 Å². The van der Waals surface area contributed by atoms with Crippen molar-refractivity contribution in [3.05, 3.63) is 182 Å². The van der Waals surface area contributed by atoms with Gasteiger partial charge >= 0.3 is 0 Å². The molecule has 0 atom stereocenters. The molecule has 0 fully saturated rings. The van der Waals surface area contributed by atoms with Crippen LogP contribution in [-0.4, -0.2) is 31.1 Å². The molecule has 0 aliphatic carbocycles. The second-order valence-corrected chi connectivity index (χ2v) is 16.4. The van der Waals surface area contributed by atoms with E-state index in [-0.39, 0.29) is 0 Å². The summed E-state index contributed by atoms with van der Waals surface area (Å²) in [5, 5.41) is 0. The van der Waals surface area contributed by atoms with Crippen molar-refractivity contribution >= 4 is 58.2 Å². The fourth-order valence-electron chi connectivity index (χ4n) is 9.51. The summed E-state index contributed by atoms with van der Waals surface area (Å²) >= 11 is 0. The first-order valence-corrected chi connectivity index (χ1v) is 20.6. The number of aromatic nitrogens is 5. The van der Waals surface area contributed by atoms with Crippen molar-refractivity contribution in [1.82, 2.24) is 24.9 Å². The Labute approximate surface area is 350 Å². The van der Waals surface area contributed by atoms with E-state index >= 15 is 0 Å². The second-order valence-electron chi connectivity index (χ2n) is 16.4. The van der Waals surface area contributed by atoms with E-state index in [1.54, 1.807) is 0 Å². The molecule has 8 bridgehead atoms. The second kappa shape index (κ2) is 14.5. The van der Waals surface area contributed by atoms with Gasteiger partial charge in [-0.15, -0.1) is 0 Å².